The van der Waals surface area contributed by atoms with E-state index in [9.17, 15) is 0 Å². The van der Waals surface area contributed by atoms with Gasteiger partial charge in [0.05, 0.1) is 27.7 Å². The molecule has 0 bridgehead atoms. The zero-order chi connectivity index (χ0) is 39.5. The van der Waals surface area contributed by atoms with Crippen LogP contribution in [-0.2, 0) is 0 Å². The number of furan rings is 1. The van der Waals surface area contributed by atoms with Crippen LogP contribution in [0.25, 0.3) is 83.4 Å². The van der Waals surface area contributed by atoms with Crippen LogP contribution in [0.3, 0.4) is 0 Å². The lowest BCUT2D eigenvalue weighted by Crippen LogP contribution is -2.34. The summed E-state index contributed by atoms with van der Waals surface area (Å²) in [6, 6.07) is 65.1. The van der Waals surface area contributed by atoms with Gasteiger partial charge in [0.15, 0.2) is 0 Å². The van der Waals surface area contributed by atoms with E-state index in [1.54, 1.807) is 0 Å². The van der Waals surface area contributed by atoms with Gasteiger partial charge in [0, 0.05) is 45.4 Å². The first-order chi connectivity index (χ1) is 29.1. The van der Waals surface area contributed by atoms with E-state index in [4.69, 9.17) is 9.41 Å². The molecule has 0 fully saturated rings. The van der Waals surface area contributed by atoms with Crippen LogP contribution in [0.4, 0.5) is 5.69 Å². The summed E-state index contributed by atoms with van der Waals surface area (Å²) in [5, 5.41) is 6.77. The summed E-state index contributed by atoms with van der Waals surface area (Å²) in [4.78, 5) is 7.90. The van der Waals surface area contributed by atoms with Crippen LogP contribution in [0.1, 0.15) is 18.1 Å². The molecule has 1 aliphatic rings. The predicted molar refractivity (Wildman–Crippen MR) is 248 cm³/mol. The normalized spacial score (nSPS) is 14.2. The molecule has 280 valence electrons. The van der Waals surface area contributed by atoms with Gasteiger partial charge in [-0.05, 0) is 89.2 Å². The molecular weight excluding hydrogens is 719 g/mol. The van der Waals surface area contributed by atoms with Crippen molar-refractivity contribution < 1.29 is 4.42 Å². The van der Waals surface area contributed by atoms with Gasteiger partial charge in [0.25, 0.3) is 0 Å². The van der Waals surface area contributed by atoms with Crippen LogP contribution < -0.4 is 15.5 Å². The Morgan fingerprint density at radius 1 is 0.525 bits per heavy atom. The highest BCUT2D eigenvalue weighted by atomic mass is 16.3. The van der Waals surface area contributed by atoms with Crippen molar-refractivity contribution in [3.05, 3.63) is 216 Å². The third-order valence-electron chi connectivity index (χ3n) is 11.7. The lowest BCUT2D eigenvalue weighted by atomic mass is 9.92. The van der Waals surface area contributed by atoms with E-state index in [1.807, 2.05) is 19.1 Å². The average Bonchev–Trinajstić information content (AvgIpc) is 3.83. The van der Waals surface area contributed by atoms with Crippen LogP contribution in [0.2, 0.25) is 0 Å². The molecule has 0 N–H and O–H groups in total. The third-order valence-corrected chi connectivity index (χ3v) is 11.7. The Kier molecular flexibility index (Phi) is 8.23. The molecule has 1 aliphatic heterocycles. The van der Waals surface area contributed by atoms with Crippen molar-refractivity contribution in [2.45, 2.75) is 6.92 Å². The number of anilines is 1. The SMILES string of the molecule is C\C=C/C=c1/oc2ccc(-c3ccc4c(c3)c3ccccc3n4-c3ccccc3)cc2/c1=C1\N=C(c2cccc(-c3ccccc3)c2)c2ccc3ccccc3c2N1C. The molecule has 0 unspecified atom stereocenters. The van der Waals surface area contributed by atoms with Crippen LogP contribution in [0.15, 0.2) is 204 Å². The number of rotatable bonds is 5. The van der Waals surface area contributed by atoms with E-state index in [-0.39, 0.29) is 0 Å². The second kappa shape index (κ2) is 14.0. The molecule has 0 radical (unpaired) electrons. The van der Waals surface area contributed by atoms with Gasteiger partial charge in [-0.25, -0.2) is 4.99 Å². The quantitative estimate of drug-likeness (QED) is 0.175. The van der Waals surface area contributed by atoms with Crippen LogP contribution in [-0.4, -0.2) is 17.3 Å². The van der Waals surface area contributed by atoms with E-state index >= 15 is 0 Å². The fourth-order valence-electron chi connectivity index (χ4n) is 8.91. The Hall–Kier alpha value is -7.69. The molecule has 11 rings (SSSR count). The summed E-state index contributed by atoms with van der Waals surface area (Å²) in [5.41, 5.74) is 13.9. The zero-order valence-corrected chi connectivity index (χ0v) is 32.8. The second-order valence-corrected chi connectivity index (χ2v) is 15.1. The summed E-state index contributed by atoms with van der Waals surface area (Å²) in [5.74, 6) is 0.835. The molecule has 2 aromatic heterocycles. The molecule has 4 nitrogen and oxygen atoms in total. The number of aliphatic imine (C=N–C) groups is 1. The Balaban J connectivity index is 1.17. The molecule has 0 aliphatic carbocycles. The summed E-state index contributed by atoms with van der Waals surface area (Å²) >= 11 is 0. The summed E-state index contributed by atoms with van der Waals surface area (Å²) < 4.78 is 9.10. The first-order valence-corrected chi connectivity index (χ1v) is 20.1. The molecule has 0 saturated heterocycles. The Morgan fingerprint density at radius 3 is 2.02 bits per heavy atom. The van der Waals surface area contributed by atoms with Crippen LogP contribution in [0, 0.1) is 0 Å². The van der Waals surface area contributed by atoms with Gasteiger partial charge in [-0.1, -0.05) is 146 Å². The second-order valence-electron chi connectivity index (χ2n) is 15.1. The van der Waals surface area contributed by atoms with Gasteiger partial charge in [-0.15, -0.1) is 0 Å². The van der Waals surface area contributed by atoms with Crippen LogP contribution in [0.5, 0.6) is 0 Å². The van der Waals surface area contributed by atoms with Gasteiger partial charge in [-0.3, -0.25) is 0 Å². The molecule has 0 atom stereocenters. The van der Waals surface area contributed by atoms with Gasteiger partial charge < -0.3 is 13.9 Å². The molecule has 0 amide bonds. The highest BCUT2D eigenvalue weighted by molar-refractivity contribution is 6.23. The first-order valence-electron chi connectivity index (χ1n) is 20.1. The smallest absolute Gasteiger partial charge is 0.145 e. The molecule has 4 heteroatoms. The third kappa shape index (κ3) is 5.72. The summed E-state index contributed by atoms with van der Waals surface area (Å²) in [6.07, 6.45) is 6.13. The lowest BCUT2D eigenvalue weighted by Gasteiger charge is -2.30. The summed E-state index contributed by atoms with van der Waals surface area (Å²) in [6.45, 7) is 2.03. The van der Waals surface area contributed by atoms with Crippen molar-refractivity contribution in [1.29, 1.82) is 0 Å². The average molecular weight is 758 g/mol. The Morgan fingerprint density at radius 2 is 1.19 bits per heavy atom. The van der Waals surface area contributed by atoms with Crippen molar-refractivity contribution in [3.63, 3.8) is 0 Å². The van der Waals surface area contributed by atoms with Gasteiger partial charge in [0.2, 0.25) is 0 Å². The van der Waals surface area contributed by atoms with E-state index in [1.165, 1.54) is 38.1 Å². The number of hydrogen-bond donors (Lipinski definition) is 0. The summed E-state index contributed by atoms with van der Waals surface area (Å²) in [7, 11) is 2.14. The highest BCUT2D eigenvalue weighted by Crippen LogP contribution is 2.39. The molecule has 8 aromatic carbocycles. The number of hydrogen-bond acceptors (Lipinski definition) is 3. The molecular formula is C55H39N3O. The number of benzene rings is 8. The minimum atomic E-state index is 0.767. The topological polar surface area (TPSA) is 33.7 Å². The minimum absolute atomic E-state index is 0.767. The maximum absolute atomic E-state index is 6.74. The monoisotopic (exact) mass is 757 g/mol. The van der Waals surface area contributed by atoms with Gasteiger partial charge in [0.1, 0.15) is 16.8 Å². The van der Waals surface area contributed by atoms with Crippen molar-refractivity contribution in [3.8, 4) is 27.9 Å². The molecule has 0 spiro atoms. The van der Waals surface area contributed by atoms with Gasteiger partial charge >= 0.3 is 0 Å². The fraction of sp³-hybridized carbons (Fsp3) is 0.0364. The molecule has 3 heterocycles. The van der Waals surface area contributed by atoms with Crippen molar-refractivity contribution >= 4 is 66.8 Å². The van der Waals surface area contributed by atoms with E-state index < -0.39 is 0 Å². The molecule has 59 heavy (non-hydrogen) atoms. The predicted octanol–water partition coefficient (Wildman–Crippen LogP) is 12.4. The molecule has 0 saturated carbocycles. The highest BCUT2D eigenvalue weighted by Gasteiger charge is 2.27. The molecule has 10 aromatic rings. The minimum Gasteiger partial charge on any atom is -0.456 e. The van der Waals surface area contributed by atoms with Crippen molar-refractivity contribution in [2.24, 2.45) is 4.99 Å². The Labute approximate surface area is 342 Å². The number of allylic oxidation sites excluding steroid dienone is 2. The number of fused-ring (bicyclic) bond motifs is 7. The number of para-hydroxylation sites is 2. The first kappa shape index (κ1) is 34.5. The number of aromatic nitrogens is 1. The van der Waals surface area contributed by atoms with Crippen LogP contribution >= 0.6 is 0 Å². The van der Waals surface area contributed by atoms with Gasteiger partial charge in [-0.2, -0.15) is 0 Å². The van der Waals surface area contributed by atoms with Crippen molar-refractivity contribution in [2.75, 3.05) is 11.9 Å². The number of nitrogens with zero attached hydrogens (tertiary/aromatic N) is 3. The largest absolute Gasteiger partial charge is 0.456 e. The Bertz CT molecular complexity index is 3460. The van der Waals surface area contributed by atoms with Crippen molar-refractivity contribution in [1.82, 2.24) is 4.57 Å². The van der Waals surface area contributed by atoms with E-state index in [0.29, 0.717) is 0 Å². The standard InChI is InChI=1S/C55H39N3O/c1-3-4-26-51-52(47-35-40(29-32-50(47)59-51)39-28-31-49-46(34-39)44-24-13-14-25-48(44)58(49)42-21-9-6-10-22-42)55-56-53(41-20-15-19-38(33-41)36-16-7-5-8-17-36)45-30-27-37-18-11-12-23-43(37)54(45)57(55)2/h3-35H,1-2H3/b4-3-,51-26+,55-52-. The van der Waals surface area contributed by atoms with E-state index in [0.717, 1.165) is 72.3 Å². The lowest BCUT2D eigenvalue weighted by molar-refractivity contribution is 0.575. The van der Waals surface area contributed by atoms with E-state index in [2.05, 4.69) is 205 Å². The maximum atomic E-state index is 6.74. The zero-order valence-electron chi connectivity index (χ0n) is 32.8. The maximum Gasteiger partial charge on any atom is 0.145 e. The fourth-order valence-corrected chi connectivity index (χ4v) is 8.91.